The van der Waals surface area contributed by atoms with Crippen LogP contribution in [0.3, 0.4) is 0 Å². The maximum atomic E-state index is 5.25. The fourth-order valence-electron chi connectivity index (χ4n) is 7.32. The Balaban J connectivity index is 1.42. The van der Waals surface area contributed by atoms with E-state index in [0.29, 0.717) is 0 Å². The zero-order chi connectivity index (χ0) is 27.4. The molecule has 2 aliphatic heterocycles. The van der Waals surface area contributed by atoms with Crippen LogP contribution in [-0.2, 0) is 0 Å². The van der Waals surface area contributed by atoms with Gasteiger partial charge in [-0.25, -0.2) is 4.99 Å². The summed E-state index contributed by atoms with van der Waals surface area (Å²) in [6.07, 6.45) is -0.0760. The first-order valence-corrected chi connectivity index (χ1v) is 14.4. The average Bonchev–Trinajstić information content (AvgIpc) is 3.68. The number of nitrogens with one attached hydrogen (secondary N) is 1. The molecule has 8 aromatic rings. The summed E-state index contributed by atoms with van der Waals surface area (Å²) >= 11 is 0. The molecule has 10 rings (SSSR count). The maximum Gasteiger partial charge on any atom is 0.148 e. The second-order valence-electron chi connectivity index (χ2n) is 11.3. The summed E-state index contributed by atoms with van der Waals surface area (Å²) in [6, 6.07) is 48.0. The van der Waals surface area contributed by atoms with Crippen LogP contribution in [0.25, 0.3) is 60.4 Å². The number of benzene rings is 6. The molecule has 0 aliphatic carbocycles. The number of fused-ring (bicyclic) bond motifs is 11. The lowest BCUT2D eigenvalue weighted by atomic mass is 9.96. The van der Waals surface area contributed by atoms with Gasteiger partial charge in [0.05, 0.1) is 39.2 Å². The lowest BCUT2D eigenvalue weighted by molar-refractivity contribution is 0.779. The lowest BCUT2D eigenvalue weighted by Crippen LogP contribution is -2.24. The predicted molar refractivity (Wildman–Crippen MR) is 175 cm³/mol. The van der Waals surface area contributed by atoms with Crippen molar-refractivity contribution in [1.29, 1.82) is 0 Å². The van der Waals surface area contributed by atoms with Gasteiger partial charge < -0.3 is 14.5 Å². The monoisotopic (exact) mass is 536 g/mol. The van der Waals surface area contributed by atoms with Gasteiger partial charge in [0.15, 0.2) is 0 Å². The molecule has 0 amide bonds. The Labute approximate surface area is 241 Å². The summed E-state index contributed by atoms with van der Waals surface area (Å²) in [5.74, 6) is 0. The summed E-state index contributed by atoms with van der Waals surface area (Å²) in [5.41, 5.74) is 12.8. The first-order chi connectivity index (χ1) is 20.8. The Morgan fingerprint density at radius 2 is 1.33 bits per heavy atom. The number of rotatable bonds is 2. The molecule has 4 heteroatoms. The van der Waals surface area contributed by atoms with Crippen LogP contribution in [0.15, 0.2) is 138 Å². The van der Waals surface area contributed by atoms with Gasteiger partial charge in [-0.1, -0.05) is 84.9 Å². The van der Waals surface area contributed by atoms with Gasteiger partial charge in [-0.3, -0.25) is 0 Å². The number of hydrogen-bond donors (Lipinski definition) is 1. The molecule has 0 fully saturated rings. The van der Waals surface area contributed by atoms with Crippen molar-refractivity contribution in [3.05, 3.63) is 139 Å². The van der Waals surface area contributed by atoms with Gasteiger partial charge >= 0.3 is 0 Å². The topological polar surface area (TPSA) is 34.2 Å². The van der Waals surface area contributed by atoms with E-state index in [0.717, 1.165) is 17.1 Å². The zero-order valence-corrected chi connectivity index (χ0v) is 22.6. The van der Waals surface area contributed by atoms with Gasteiger partial charge in [0, 0.05) is 32.8 Å². The third kappa shape index (κ3) is 2.78. The zero-order valence-electron chi connectivity index (χ0n) is 22.6. The molecule has 4 heterocycles. The standard InChI is InChI=1S/C38H24N4/c1-3-11-23(12-4-1)24-21-28-34-33(42-36(28)29(22-24)35-38(42)40-31-17-9-8-16-30(31)39-35)20-19-27-26-15-7-10-18-32(26)41(37(27)34)25-13-5-2-6-14-25/h1-22,38,40H. The van der Waals surface area contributed by atoms with Gasteiger partial charge in [-0.15, -0.1) is 0 Å². The molecule has 0 saturated carbocycles. The molecule has 0 saturated heterocycles. The van der Waals surface area contributed by atoms with Crippen LogP contribution >= 0.6 is 0 Å². The van der Waals surface area contributed by atoms with Crippen LogP contribution < -0.4 is 5.32 Å². The SMILES string of the molecule is c1ccc(-c2cc3c4c(c2)c2c5c(ccc2n4C2Nc4ccccc4N=C32)c2ccccc2n5-c2ccccc2)cc1. The highest BCUT2D eigenvalue weighted by atomic mass is 15.2. The molecule has 2 aliphatic rings. The van der Waals surface area contributed by atoms with Gasteiger partial charge in [-0.05, 0) is 59.7 Å². The van der Waals surface area contributed by atoms with E-state index in [4.69, 9.17) is 4.99 Å². The summed E-state index contributed by atoms with van der Waals surface area (Å²) in [5, 5.41) is 8.92. The fourth-order valence-corrected chi connectivity index (χ4v) is 7.32. The van der Waals surface area contributed by atoms with Gasteiger partial charge in [0.1, 0.15) is 6.17 Å². The average molecular weight is 537 g/mol. The molecule has 2 aromatic heterocycles. The van der Waals surface area contributed by atoms with Crippen LogP contribution in [0.2, 0.25) is 0 Å². The summed E-state index contributed by atoms with van der Waals surface area (Å²) in [4.78, 5) is 5.25. The number of nitrogens with zero attached hydrogens (tertiary/aromatic N) is 3. The van der Waals surface area contributed by atoms with Crippen LogP contribution in [0.1, 0.15) is 11.7 Å². The molecule has 1 unspecified atom stereocenters. The third-order valence-electron chi connectivity index (χ3n) is 9.05. The Hall–Kier alpha value is -5.61. The van der Waals surface area contributed by atoms with Crippen molar-refractivity contribution in [2.45, 2.75) is 6.17 Å². The molecule has 1 atom stereocenters. The third-order valence-corrected chi connectivity index (χ3v) is 9.05. The number of aromatic nitrogens is 2. The normalized spacial score (nSPS) is 15.2. The van der Waals surface area contributed by atoms with Crippen LogP contribution in [0.4, 0.5) is 11.4 Å². The smallest absolute Gasteiger partial charge is 0.148 e. The molecular formula is C38H24N4. The first-order valence-electron chi connectivity index (χ1n) is 14.4. The number of para-hydroxylation sites is 4. The van der Waals surface area contributed by atoms with Crippen molar-refractivity contribution in [3.63, 3.8) is 0 Å². The minimum Gasteiger partial charge on any atom is -0.358 e. The van der Waals surface area contributed by atoms with Crippen molar-refractivity contribution in [2.75, 3.05) is 5.32 Å². The number of aliphatic imine (C=N–C) groups is 1. The van der Waals surface area contributed by atoms with Crippen molar-refractivity contribution in [1.82, 2.24) is 9.13 Å². The Bertz CT molecular complexity index is 2430. The minimum atomic E-state index is -0.0760. The fraction of sp³-hybridized carbons (Fsp3) is 0.0263. The molecule has 0 radical (unpaired) electrons. The van der Waals surface area contributed by atoms with Gasteiger partial charge in [0.25, 0.3) is 0 Å². The first kappa shape index (κ1) is 22.1. The van der Waals surface area contributed by atoms with Crippen LogP contribution in [0, 0.1) is 0 Å². The maximum absolute atomic E-state index is 5.25. The Morgan fingerprint density at radius 1 is 0.571 bits per heavy atom. The summed E-state index contributed by atoms with van der Waals surface area (Å²) < 4.78 is 4.93. The van der Waals surface area contributed by atoms with E-state index in [1.54, 1.807) is 0 Å². The molecule has 0 spiro atoms. The Morgan fingerprint density at radius 3 is 2.21 bits per heavy atom. The highest BCUT2D eigenvalue weighted by molar-refractivity contribution is 6.31. The second-order valence-corrected chi connectivity index (χ2v) is 11.3. The molecule has 4 nitrogen and oxygen atoms in total. The highest BCUT2D eigenvalue weighted by Crippen LogP contribution is 2.49. The van der Waals surface area contributed by atoms with Crippen molar-refractivity contribution < 1.29 is 0 Å². The van der Waals surface area contributed by atoms with Crippen molar-refractivity contribution >= 4 is 60.7 Å². The predicted octanol–water partition coefficient (Wildman–Crippen LogP) is 9.62. The van der Waals surface area contributed by atoms with E-state index < -0.39 is 0 Å². The quantitative estimate of drug-likeness (QED) is 0.234. The van der Waals surface area contributed by atoms with E-state index in [1.807, 2.05) is 0 Å². The molecule has 1 N–H and O–H groups in total. The van der Waals surface area contributed by atoms with Crippen LogP contribution in [-0.4, -0.2) is 14.8 Å². The molecule has 6 aromatic carbocycles. The highest BCUT2D eigenvalue weighted by Gasteiger charge is 2.37. The molecule has 42 heavy (non-hydrogen) atoms. The number of hydrogen-bond acceptors (Lipinski definition) is 2. The number of anilines is 1. The molecular weight excluding hydrogens is 512 g/mol. The van der Waals surface area contributed by atoms with E-state index in [-0.39, 0.29) is 6.17 Å². The van der Waals surface area contributed by atoms with E-state index in [1.165, 1.54) is 66.0 Å². The van der Waals surface area contributed by atoms with E-state index in [9.17, 15) is 0 Å². The summed E-state index contributed by atoms with van der Waals surface area (Å²) in [7, 11) is 0. The summed E-state index contributed by atoms with van der Waals surface area (Å²) in [6.45, 7) is 0. The van der Waals surface area contributed by atoms with Gasteiger partial charge in [-0.2, -0.15) is 0 Å². The van der Waals surface area contributed by atoms with Crippen LogP contribution in [0.5, 0.6) is 0 Å². The molecule has 196 valence electrons. The van der Waals surface area contributed by atoms with E-state index in [2.05, 4.69) is 148 Å². The Kier molecular flexibility index (Phi) is 4.21. The van der Waals surface area contributed by atoms with Crippen molar-refractivity contribution in [2.24, 2.45) is 4.99 Å². The second kappa shape index (κ2) is 7.99. The lowest BCUT2D eigenvalue weighted by Gasteiger charge is -2.25. The minimum absolute atomic E-state index is 0.0760. The van der Waals surface area contributed by atoms with Crippen molar-refractivity contribution in [3.8, 4) is 16.8 Å². The van der Waals surface area contributed by atoms with Gasteiger partial charge in [0.2, 0.25) is 0 Å². The molecule has 0 bridgehead atoms. The van der Waals surface area contributed by atoms with E-state index >= 15 is 0 Å². The largest absolute Gasteiger partial charge is 0.358 e.